The molecule has 0 saturated heterocycles. The summed E-state index contributed by atoms with van der Waals surface area (Å²) in [6.45, 7) is 0. The van der Waals surface area contributed by atoms with Crippen molar-refractivity contribution in [3.05, 3.63) is 65.7 Å². The maximum Gasteiger partial charge on any atom is 0.275 e. The molecule has 0 atom stereocenters. The van der Waals surface area contributed by atoms with Crippen LogP contribution in [-0.4, -0.2) is 21.9 Å². The second kappa shape index (κ2) is 5.32. The number of phenolic OH excluding ortho intramolecular Hbond substituents is 1. The van der Waals surface area contributed by atoms with Crippen LogP contribution in [0.4, 0.5) is 0 Å². The fourth-order valence-electron chi connectivity index (χ4n) is 1.56. The Bertz CT molecular complexity index is 594. The van der Waals surface area contributed by atoms with Crippen LogP contribution in [0.2, 0.25) is 0 Å². The number of nitrogens with two attached hydrogens (primary N) is 1. The highest BCUT2D eigenvalue weighted by molar-refractivity contribution is 6.09. The number of amides is 2. The van der Waals surface area contributed by atoms with Crippen molar-refractivity contribution in [2.45, 2.75) is 0 Å². The van der Waals surface area contributed by atoms with Crippen molar-refractivity contribution in [2.24, 2.45) is 5.84 Å². The van der Waals surface area contributed by atoms with Gasteiger partial charge in [-0.15, -0.1) is 0 Å². The van der Waals surface area contributed by atoms with Crippen LogP contribution < -0.4 is 5.84 Å². The van der Waals surface area contributed by atoms with Gasteiger partial charge in [0.15, 0.2) is 0 Å². The van der Waals surface area contributed by atoms with E-state index in [1.165, 1.54) is 24.3 Å². The average molecular weight is 256 g/mol. The molecule has 0 saturated carbocycles. The van der Waals surface area contributed by atoms with Crippen LogP contribution in [0.5, 0.6) is 5.75 Å². The molecule has 5 nitrogen and oxygen atoms in total. The highest BCUT2D eigenvalue weighted by Crippen LogP contribution is 2.12. The van der Waals surface area contributed by atoms with Gasteiger partial charge in [-0.1, -0.05) is 18.2 Å². The zero-order chi connectivity index (χ0) is 13.8. The van der Waals surface area contributed by atoms with Crippen molar-refractivity contribution in [1.82, 2.24) is 5.01 Å². The number of nitrogens with zero attached hydrogens (tertiary/aromatic N) is 1. The number of aromatic hydroxyl groups is 1. The Morgan fingerprint density at radius 2 is 1.32 bits per heavy atom. The second-order valence-corrected chi connectivity index (χ2v) is 3.89. The number of rotatable bonds is 2. The van der Waals surface area contributed by atoms with Gasteiger partial charge in [0.05, 0.1) is 0 Å². The van der Waals surface area contributed by atoms with Crippen molar-refractivity contribution in [3.63, 3.8) is 0 Å². The van der Waals surface area contributed by atoms with Crippen molar-refractivity contribution in [1.29, 1.82) is 0 Å². The average Bonchev–Trinajstić information content (AvgIpc) is 2.46. The topological polar surface area (TPSA) is 83.6 Å². The van der Waals surface area contributed by atoms with Crippen molar-refractivity contribution in [2.75, 3.05) is 0 Å². The molecule has 2 aromatic rings. The number of carbonyl (C=O) groups excluding carboxylic acids is 2. The van der Waals surface area contributed by atoms with Gasteiger partial charge in [-0.05, 0) is 36.4 Å². The van der Waals surface area contributed by atoms with Crippen molar-refractivity contribution in [3.8, 4) is 5.75 Å². The second-order valence-electron chi connectivity index (χ2n) is 3.89. The Labute approximate surface area is 109 Å². The first-order valence-electron chi connectivity index (χ1n) is 5.57. The van der Waals surface area contributed by atoms with Crippen LogP contribution in [0.1, 0.15) is 20.7 Å². The molecular weight excluding hydrogens is 244 g/mol. The van der Waals surface area contributed by atoms with Gasteiger partial charge in [-0.3, -0.25) is 9.59 Å². The molecule has 0 aliphatic heterocycles. The summed E-state index contributed by atoms with van der Waals surface area (Å²) in [4.78, 5) is 23.9. The molecule has 0 unspecified atom stereocenters. The van der Waals surface area contributed by atoms with E-state index < -0.39 is 11.8 Å². The molecule has 19 heavy (non-hydrogen) atoms. The third kappa shape index (κ3) is 2.78. The largest absolute Gasteiger partial charge is 0.508 e. The molecule has 2 aromatic carbocycles. The minimum Gasteiger partial charge on any atom is -0.508 e. The summed E-state index contributed by atoms with van der Waals surface area (Å²) in [7, 11) is 0. The molecule has 0 radical (unpaired) electrons. The zero-order valence-electron chi connectivity index (χ0n) is 9.98. The minimum absolute atomic E-state index is 0.0366. The maximum atomic E-state index is 12.0. The number of phenols is 1. The SMILES string of the molecule is NN(C(=O)c1ccccc1)C(=O)c1ccc(O)cc1. The van der Waals surface area contributed by atoms with Crippen LogP contribution in [0.25, 0.3) is 0 Å². The molecule has 0 bridgehead atoms. The molecule has 2 rings (SSSR count). The van der Waals surface area contributed by atoms with Crippen molar-refractivity contribution >= 4 is 11.8 Å². The van der Waals surface area contributed by atoms with Crippen LogP contribution in [0.15, 0.2) is 54.6 Å². The van der Waals surface area contributed by atoms with E-state index in [9.17, 15) is 9.59 Å². The van der Waals surface area contributed by atoms with E-state index in [1.54, 1.807) is 30.3 Å². The smallest absolute Gasteiger partial charge is 0.275 e. The summed E-state index contributed by atoms with van der Waals surface area (Å²) in [6, 6.07) is 13.8. The lowest BCUT2D eigenvalue weighted by Gasteiger charge is -2.14. The number of imide groups is 1. The van der Waals surface area contributed by atoms with Gasteiger partial charge in [0.1, 0.15) is 5.75 Å². The van der Waals surface area contributed by atoms with Crippen LogP contribution in [-0.2, 0) is 0 Å². The number of benzene rings is 2. The quantitative estimate of drug-likeness (QED) is 0.369. The lowest BCUT2D eigenvalue weighted by Crippen LogP contribution is -2.42. The summed E-state index contributed by atoms with van der Waals surface area (Å²) in [5, 5.41) is 9.70. The summed E-state index contributed by atoms with van der Waals surface area (Å²) in [5.41, 5.74) is 0.557. The number of hydrogen-bond donors (Lipinski definition) is 2. The lowest BCUT2D eigenvalue weighted by atomic mass is 10.1. The van der Waals surface area contributed by atoms with Gasteiger partial charge in [0.2, 0.25) is 0 Å². The summed E-state index contributed by atoms with van der Waals surface area (Å²) >= 11 is 0. The molecule has 0 aliphatic carbocycles. The molecule has 0 fully saturated rings. The van der Waals surface area contributed by atoms with E-state index in [2.05, 4.69) is 0 Å². The first-order valence-corrected chi connectivity index (χ1v) is 5.57. The first-order chi connectivity index (χ1) is 9.09. The maximum absolute atomic E-state index is 12.0. The fraction of sp³-hybridized carbons (Fsp3) is 0. The van der Waals surface area contributed by atoms with Gasteiger partial charge in [0, 0.05) is 11.1 Å². The molecular formula is C14H12N2O3. The third-order valence-electron chi connectivity index (χ3n) is 2.57. The molecule has 0 spiro atoms. The normalized spacial score (nSPS) is 9.95. The minimum atomic E-state index is -0.631. The number of hydrogen-bond acceptors (Lipinski definition) is 4. The Morgan fingerprint density at radius 3 is 1.84 bits per heavy atom. The number of hydrazine groups is 1. The van der Waals surface area contributed by atoms with Gasteiger partial charge >= 0.3 is 0 Å². The van der Waals surface area contributed by atoms with E-state index in [1.807, 2.05) is 0 Å². The summed E-state index contributed by atoms with van der Waals surface area (Å²) < 4.78 is 0. The predicted molar refractivity (Wildman–Crippen MR) is 69.2 cm³/mol. The molecule has 96 valence electrons. The van der Waals surface area contributed by atoms with E-state index >= 15 is 0 Å². The summed E-state index contributed by atoms with van der Waals surface area (Å²) in [5.74, 6) is 4.36. The molecule has 0 aromatic heterocycles. The van der Waals surface area contributed by atoms with Crippen LogP contribution in [0.3, 0.4) is 0 Å². The standard InChI is InChI=1S/C14H12N2O3/c15-16(13(18)10-4-2-1-3-5-10)14(19)11-6-8-12(17)9-7-11/h1-9,17H,15H2. The number of carbonyl (C=O) groups is 2. The van der Waals surface area contributed by atoms with Crippen LogP contribution in [0, 0.1) is 0 Å². The van der Waals surface area contributed by atoms with Gasteiger partial charge in [-0.2, -0.15) is 0 Å². The zero-order valence-corrected chi connectivity index (χ0v) is 9.98. The summed E-state index contributed by atoms with van der Waals surface area (Å²) in [6.07, 6.45) is 0. The molecule has 0 heterocycles. The van der Waals surface area contributed by atoms with Gasteiger partial charge < -0.3 is 5.11 Å². The highest BCUT2D eigenvalue weighted by Gasteiger charge is 2.20. The van der Waals surface area contributed by atoms with E-state index in [0.717, 1.165) is 0 Å². The van der Waals surface area contributed by atoms with Crippen LogP contribution >= 0.6 is 0 Å². The Morgan fingerprint density at radius 1 is 0.842 bits per heavy atom. The third-order valence-corrected chi connectivity index (χ3v) is 2.57. The monoisotopic (exact) mass is 256 g/mol. The molecule has 5 heteroatoms. The molecule has 0 aliphatic rings. The molecule has 3 N–H and O–H groups in total. The Hall–Kier alpha value is -2.66. The lowest BCUT2D eigenvalue weighted by molar-refractivity contribution is 0.0615. The predicted octanol–water partition coefficient (Wildman–Crippen LogP) is 1.55. The fourth-order valence-corrected chi connectivity index (χ4v) is 1.56. The first kappa shape index (κ1) is 12.8. The van der Waals surface area contributed by atoms with E-state index in [-0.39, 0.29) is 11.3 Å². The Balaban J connectivity index is 2.20. The van der Waals surface area contributed by atoms with E-state index in [4.69, 9.17) is 10.9 Å². The van der Waals surface area contributed by atoms with Crippen molar-refractivity contribution < 1.29 is 14.7 Å². The molecule has 2 amide bonds. The highest BCUT2D eigenvalue weighted by atomic mass is 16.3. The van der Waals surface area contributed by atoms with Gasteiger partial charge in [-0.25, -0.2) is 10.9 Å². The van der Waals surface area contributed by atoms with Gasteiger partial charge in [0.25, 0.3) is 11.8 Å². The van der Waals surface area contributed by atoms with E-state index in [0.29, 0.717) is 10.6 Å². The Kier molecular flexibility index (Phi) is 3.58.